The highest BCUT2D eigenvalue weighted by atomic mass is 16.3. The van der Waals surface area contributed by atoms with E-state index < -0.39 is 0 Å². The van der Waals surface area contributed by atoms with E-state index in [1.165, 1.54) is 0 Å². The molecule has 0 bridgehead atoms. The molecular formula is C14H16O2. The standard InChI is InChI=1S/C14H16O2/c1-4-5-12(15)14-8-11-10(3)6-9(2)7-13(11)16-14/h6-8H,4-5H2,1-3H3. The van der Waals surface area contributed by atoms with Crippen LogP contribution in [0.4, 0.5) is 0 Å². The quantitative estimate of drug-likeness (QED) is 0.725. The Morgan fingerprint density at radius 3 is 2.69 bits per heavy atom. The van der Waals surface area contributed by atoms with Crippen LogP contribution in [0.25, 0.3) is 11.0 Å². The maximum atomic E-state index is 11.7. The van der Waals surface area contributed by atoms with Crippen molar-refractivity contribution in [2.45, 2.75) is 33.6 Å². The van der Waals surface area contributed by atoms with Gasteiger partial charge in [0.15, 0.2) is 11.5 Å². The number of benzene rings is 1. The predicted octanol–water partition coefficient (Wildman–Crippen LogP) is 4.03. The summed E-state index contributed by atoms with van der Waals surface area (Å²) in [5.74, 6) is 0.585. The van der Waals surface area contributed by atoms with Gasteiger partial charge in [-0.1, -0.05) is 13.0 Å². The van der Waals surface area contributed by atoms with Crippen LogP contribution in [0.3, 0.4) is 0 Å². The Hall–Kier alpha value is -1.57. The van der Waals surface area contributed by atoms with Gasteiger partial charge in [-0.2, -0.15) is 0 Å². The zero-order chi connectivity index (χ0) is 11.7. The molecule has 1 heterocycles. The smallest absolute Gasteiger partial charge is 0.198 e. The highest BCUT2D eigenvalue weighted by Gasteiger charge is 2.12. The van der Waals surface area contributed by atoms with Crippen LogP contribution in [0.1, 0.15) is 41.4 Å². The fourth-order valence-electron chi connectivity index (χ4n) is 1.98. The first kappa shape index (κ1) is 10.9. The number of furan rings is 1. The molecule has 0 unspecified atom stereocenters. The van der Waals surface area contributed by atoms with Gasteiger partial charge in [-0.25, -0.2) is 0 Å². The number of fused-ring (bicyclic) bond motifs is 1. The first-order valence-corrected chi connectivity index (χ1v) is 5.66. The average molecular weight is 216 g/mol. The van der Waals surface area contributed by atoms with Crippen LogP contribution in [-0.4, -0.2) is 5.78 Å². The third-order valence-electron chi connectivity index (χ3n) is 2.74. The molecule has 0 saturated carbocycles. The summed E-state index contributed by atoms with van der Waals surface area (Å²) in [6.07, 6.45) is 1.41. The Labute approximate surface area is 95.3 Å². The summed E-state index contributed by atoms with van der Waals surface area (Å²) >= 11 is 0. The zero-order valence-electron chi connectivity index (χ0n) is 9.96. The Kier molecular flexibility index (Phi) is 2.82. The van der Waals surface area contributed by atoms with E-state index in [0.29, 0.717) is 12.2 Å². The van der Waals surface area contributed by atoms with Crippen LogP contribution < -0.4 is 0 Å². The second-order valence-corrected chi connectivity index (χ2v) is 4.28. The molecule has 0 aliphatic rings. The van der Waals surface area contributed by atoms with Gasteiger partial charge in [-0.15, -0.1) is 0 Å². The lowest BCUT2D eigenvalue weighted by atomic mass is 10.1. The van der Waals surface area contributed by atoms with E-state index in [-0.39, 0.29) is 5.78 Å². The van der Waals surface area contributed by atoms with Crippen molar-refractivity contribution in [3.8, 4) is 0 Å². The molecule has 0 aliphatic heterocycles. The van der Waals surface area contributed by atoms with Crippen LogP contribution >= 0.6 is 0 Å². The maximum absolute atomic E-state index is 11.7. The fraction of sp³-hybridized carbons (Fsp3) is 0.357. The molecule has 0 atom stereocenters. The Morgan fingerprint density at radius 1 is 1.25 bits per heavy atom. The summed E-state index contributed by atoms with van der Waals surface area (Å²) in [4.78, 5) is 11.7. The van der Waals surface area contributed by atoms with Crippen molar-refractivity contribution in [2.24, 2.45) is 0 Å². The Bertz CT molecular complexity index is 535. The van der Waals surface area contributed by atoms with Gasteiger partial charge in [-0.3, -0.25) is 4.79 Å². The molecule has 0 N–H and O–H groups in total. The fourth-order valence-corrected chi connectivity index (χ4v) is 1.98. The number of hydrogen-bond acceptors (Lipinski definition) is 2. The largest absolute Gasteiger partial charge is 0.453 e. The topological polar surface area (TPSA) is 30.2 Å². The summed E-state index contributed by atoms with van der Waals surface area (Å²) in [7, 11) is 0. The van der Waals surface area contributed by atoms with Gasteiger partial charge in [0.25, 0.3) is 0 Å². The maximum Gasteiger partial charge on any atom is 0.198 e. The van der Waals surface area contributed by atoms with Crippen LogP contribution in [0.15, 0.2) is 22.6 Å². The highest BCUT2D eigenvalue weighted by Crippen LogP contribution is 2.25. The molecule has 2 rings (SSSR count). The molecular weight excluding hydrogens is 200 g/mol. The van der Waals surface area contributed by atoms with Crippen molar-refractivity contribution in [1.29, 1.82) is 0 Å². The van der Waals surface area contributed by atoms with E-state index in [1.54, 1.807) is 0 Å². The summed E-state index contributed by atoms with van der Waals surface area (Å²) in [6, 6.07) is 5.94. The zero-order valence-corrected chi connectivity index (χ0v) is 9.96. The van der Waals surface area contributed by atoms with Crippen LogP contribution in [0, 0.1) is 13.8 Å². The molecule has 0 fully saturated rings. The van der Waals surface area contributed by atoms with Crippen molar-refractivity contribution >= 4 is 16.8 Å². The molecule has 0 spiro atoms. The summed E-state index contributed by atoms with van der Waals surface area (Å²) in [6.45, 7) is 6.07. The molecule has 2 heteroatoms. The van der Waals surface area contributed by atoms with Crippen LogP contribution in [0.2, 0.25) is 0 Å². The first-order valence-electron chi connectivity index (χ1n) is 5.66. The third-order valence-corrected chi connectivity index (χ3v) is 2.74. The number of carbonyl (C=O) groups is 1. The molecule has 1 aromatic carbocycles. The molecule has 0 amide bonds. The molecule has 1 aromatic heterocycles. The number of ketones is 1. The lowest BCUT2D eigenvalue weighted by molar-refractivity contribution is 0.0957. The number of aryl methyl sites for hydroxylation is 2. The van der Waals surface area contributed by atoms with Crippen molar-refractivity contribution in [3.63, 3.8) is 0 Å². The van der Waals surface area contributed by atoms with E-state index >= 15 is 0 Å². The molecule has 2 aromatic rings. The van der Waals surface area contributed by atoms with Crippen molar-refractivity contribution in [2.75, 3.05) is 0 Å². The summed E-state index contributed by atoms with van der Waals surface area (Å²) in [5.41, 5.74) is 3.14. The SMILES string of the molecule is CCCC(=O)c1cc2c(C)cc(C)cc2o1. The number of Topliss-reactive ketones (excluding diaryl/α,β-unsaturated/α-hetero) is 1. The van der Waals surface area contributed by atoms with E-state index in [9.17, 15) is 4.79 Å². The monoisotopic (exact) mass is 216 g/mol. The molecule has 16 heavy (non-hydrogen) atoms. The van der Waals surface area contributed by atoms with Gasteiger partial charge in [0.2, 0.25) is 0 Å². The minimum Gasteiger partial charge on any atom is -0.453 e. The van der Waals surface area contributed by atoms with Crippen LogP contribution in [0.5, 0.6) is 0 Å². The molecule has 0 saturated heterocycles. The summed E-state index contributed by atoms with van der Waals surface area (Å²) in [5, 5.41) is 1.05. The minimum absolute atomic E-state index is 0.0933. The van der Waals surface area contributed by atoms with Gasteiger partial charge >= 0.3 is 0 Å². The van der Waals surface area contributed by atoms with E-state index in [0.717, 1.165) is 28.5 Å². The molecule has 2 nitrogen and oxygen atoms in total. The Morgan fingerprint density at radius 2 is 2.00 bits per heavy atom. The van der Waals surface area contributed by atoms with Gasteiger partial charge in [0.05, 0.1) is 0 Å². The van der Waals surface area contributed by atoms with Crippen molar-refractivity contribution < 1.29 is 9.21 Å². The van der Waals surface area contributed by atoms with E-state index in [2.05, 4.69) is 6.07 Å². The lowest BCUT2D eigenvalue weighted by Crippen LogP contribution is -1.94. The molecule has 0 aliphatic carbocycles. The lowest BCUT2D eigenvalue weighted by Gasteiger charge is -1.96. The van der Waals surface area contributed by atoms with Crippen molar-refractivity contribution in [3.05, 3.63) is 35.1 Å². The first-order chi connectivity index (χ1) is 7.61. The normalized spacial score (nSPS) is 10.9. The van der Waals surface area contributed by atoms with Gasteiger partial charge < -0.3 is 4.42 Å². The average Bonchev–Trinajstić information content (AvgIpc) is 2.62. The second kappa shape index (κ2) is 4.12. The minimum atomic E-state index is 0.0933. The summed E-state index contributed by atoms with van der Waals surface area (Å²) < 4.78 is 5.59. The molecule has 84 valence electrons. The van der Waals surface area contributed by atoms with Gasteiger partial charge in [0, 0.05) is 11.8 Å². The number of hydrogen-bond donors (Lipinski definition) is 0. The molecule has 0 radical (unpaired) electrons. The van der Waals surface area contributed by atoms with Crippen LogP contribution in [-0.2, 0) is 0 Å². The van der Waals surface area contributed by atoms with Crippen molar-refractivity contribution in [1.82, 2.24) is 0 Å². The predicted molar refractivity (Wildman–Crippen MR) is 64.9 cm³/mol. The third kappa shape index (κ3) is 1.87. The number of rotatable bonds is 3. The Balaban J connectivity index is 2.51. The van der Waals surface area contributed by atoms with E-state index in [4.69, 9.17) is 4.42 Å². The van der Waals surface area contributed by atoms with Gasteiger partial charge in [-0.05, 0) is 43.5 Å². The second-order valence-electron chi connectivity index (χ2n) is 4.28. The van der Waals surface area contributed by atoms with E-state index in [1.807, 2.05) is 32.9 Å². The number of carbonyl (C=O) groups excluding carboxylic acids is 1. The highest BCUT2D eigenvalue weighted by molar-refractivity contribution is 5.98. The van der Waals surface area contributed by atoms with Gasteiger partial charge in [0.1, 0.15) is 5.58 Å².